The Balaban J connectivity index is 1.41. The molecule has 2 aliphatic rings. The van der Waals surface area contributed by atoms with Crippen molar-refractivity contribution in [2.75, 3.05) is 6.54 Å². The first-order valence-corrected chi connectivity index (χ1v) is 14.5. The van der Waals surface area contributed by atoms with Crippen molar-refractivity contribution in [2.24, 2.45) is 5.92 Å². The van der Waals surface area contributed by atoms with Crippen LogP contribution in [0.3, 0.4) is 0 Å². The number of fused-ring (bicyclic) bond motifs is 1. The molecule has 0 bridgehead atoms. The highest BCUT2D eigenvalue weighted by atomic mass is 16.2. The maximum absolute atomic E-state index is 13.4. The van der Waals surface area contributed by atoms with Gasteiger partial charge in [0.05, 0.1) is 17.2 Å². The summed E-state index contributed by atoms with van der Waals surface area (Å²) in [4.78, 5) is 20.8. The smallest absolute Gasteiger partial charge is 0.224 e. The number of H-pyrrole nitrogens is 1. The van der Waals surface area contributed by atoms with Gasteiger partial charge in [0.25, 0.3) is 0 Å². The van der Waals surface area contributed by atoms with E-state index in [9.17, 15) is 4.79 Å². The maximum atomic E-state index is 13.4. The van der Waals surface area contributed by atoms with Gasteiger partial charge in [0.1, 0.15) is 5.82 Å². The fraction of sp³-hybridized carbons (Fsp3) is 0.633. The Morgan fingerprint density at radius 1 is 1.06 bits per heavy atom. The molecule has 2 aromatic heterocycles. The lowest BCUT2D eigenvalue weighted by Crippen LogP contribution is -2.41. The van der Waals surface area contributed by atoms with Gasteiger partial charge in [0.2, 0.25) is 5.91 Å². The van der Waals surface area contributed by atoms with Gasteiger partial charge in [-0.2, -0.15) is 5.10 Å². The Morgan fingerprint density at radius 2 is 1.86 bits per heavy atom. The van der Waals surface area contributed by atoms with Gasteiger partial charge in [0, 0.05) is 43.2 Å². The number of amides is 1. The number of hydrogen-bond donors (Lipinski definition) is 1. The number of aryl methyl sites for hydroxylation is 1. The van der Waals surface area contributed by atoms with Crippen molar-refractivity contribution in [3.63, 3.8) is 0 Å². The Kier molecular flexibility index (Phi) is 8.08. The second-order valence-electron chi connectivity index (χ2n) is 11.0. The lowest BCUT2D eigenvalue weighted by molar-refractivity contribution is -0.134. The van der Waals surface area contributed by atoms with Gasteiger partial charge < -0.3 is 9.47 Å². The molecule has 2 fully saturated rings. The van der Waals surface area contributed by atoms with Gasteiger partial charge in [-0.3, -0.25) is 9.89 Å². The third kappa shape index (κ3) is 5.37. The molecule has 36 heavy (non-hydrogen) atoms. The lowest BCUT2D eigenvalue weighted by Gasteiger charge is -2.34. The fourth-order valence-electron chi connectivity index (χ4n) is 6.78. The summed E-state index contributed by atoms with van der Waals surface area (Å²) in [5.74, 6) is 2.85. The molecule has 1 N–H and O–H groups in total. The molecule has 6 nitrogen and oxygen atoms in total. The highest BCUT2D eigenvalue weighted by molar-refractivity contribution is 5.83. The minimum Gasteiger partial charge on any atom is -0.340 e. The van der Waals surface area contributed by atoms with Crippen LogP contribution >= 0.6 is 0 Å². The topological polar surface area (TPSA) is 66.8 Å². The van der Waals surface area contributed by atoms with Crippen molar-refractivity contribution in [3.05, 3.63) is 36.4 Å². The second kappa shape index (κ2) is 11.6. The molecule has 0 saturated heterocycles. The molecule has 0 unspecified atom stereocenters. The number of benzene rings is 1. The normalized spacial score (nSPS) is 21.2. The molecule has 3 aromatic rings. The zero-order chi connectivity index (χ0) is 24.9. The van der Waals surface area contributed by atoms with E-state index in [1.807, 2.05) is 12.4 Å². The second-order valence-corrected chi connectivity index (χ2v) is 11.0. The van der Waals surface area contributed by atoms with E-state index in [1.165, 1.54) is 63.6 Å². The summed E-state index contributed by atoms with van der Waals surface area (Å²) in [6.07, 6.45) is 18.1. The summed E-state index contributed by atoms with van der Waals surface area (Å²) in [7, 11) is 0. The number of rotatable bonds is 9. The zero-order valence-electron chi connectivity index (χ0n) is 22.2. The fourth-order valence-corrected chi connectivity index (χ4v) is 6.78. The predicted octanol–water partition coefficient (Wildman–Crippen LogP) is 7.07. The molecule has 2 heterocycles. The number of nitrogens with zero attached hydrogens (tertiary/aromatic N) is 4. The minimum absolute atomic E-state index is 0.301. The lowest BCUT2D eigenvalue weighted by atomic mass is 9.79. The van der Waals surface area contributed by atoms with Crippen LogP contribution in [0.1, 0.15) is 103 Å². The summed E-state index contributed by atoms with van der Waals surface area (Å²) in [6, 6.07) is 6.95. The third-order valence-corrected chi connectivity index (χ3v) is 8.74. The van der Waals surface area contributed by atoms with E-state index in [2.05, 4.69) is 51.7 Å². The van der Waals surface area contributed by atoms with Gasteiger partial charge in [-0.25, -0.2) is 4.98 Å². The van der Waals surface area contributed by atoms with Gasteiger partial charge >= 0.3 is 0 Å². The molecule has 6 heteroatoms. The highest BCUT2D eigenvalue weighted by Gasteiger charge is 2.28. The first-order valence-electron chi connectivity index (χ1n) is 14.5. The van der Waals surface area contributed by atoms with Gasteiger partial charge in [-0.15, -0.1) is 0 Å². The monoisotopic (exact) mass is 489 g/mol. The maximum Gasteiger partial charge on any atom is 0.224 e. The number of carbonyl (C=O) groups excluding carboxylic acids is 1. The largest absolute Gasteiger partial charge is 0.340 e. The molecular weight excluding hydrogens is 446 g/mol. The molecule has 0 spiro atoms. The minimum atomic E-state index is 0.301. The SMILES string of the molecule is CCCC1CCC(c2nc3ccc(-c4cn[nH]c4)cc3n2CCC(=O)N(CC)C2CCCCC2)CC1. The van der Waals surface area contributed by atoms with Gasteiger partial charge in [0.15, 0.2) is 0 Å². The Bertz CT molecular complexity index is 1120. The number of imidazole rings is 1. The Morgan fingerprint density at radius 3 is 2.56 bits per heavy atom. The standard InChI is InChI=1S/C30H43N5O/c1-3-8-22-11-13-23(14-12-22)30-33-27-16-15-24(25-20-31-32-21-25)19-28(27)35(30)18-17-29(36)34(4-2)26-9-6-5-7-10-26/h15-16,19-23,26H,3-14,17-18H2,1-2H3,(H,31,32). The summed E-state index contributed by atoms with van der Waals surface area (Å²) in [5, 5.41) is 7.07. The molecule has 0 aliphatic heterocycles. The number of hydrogen-bond acceptors (Lipinski definition) is 3. The average Bonchev–Trinajstić information content (AvgIpc) is 3.57. The Labute approximate surface area is 215 Å². The van der Waals surface area contributed by atoms with Crippen molar-refractivity contribution in [1.82, 2.24) is 24.6 Å². The van der Waals surface area contributed by atoms with Crippen LogP contribution in [0.4, 0.5) is 0 Å². The van der Waals surface area contributed by atoms with Crippen molar-refractivity contribution in [2.45, 2.75) is 109 Å². The van der Waals surface area contributed by atoms with E-state index in [0.717, 1.165) is 47.5 Å². The van der Waals surface area contributed by atoms with Gasteiger partial charge in [-0.1, -0.05) is 45.1 Å². The van der Waals surface area contributed by atoms with E-state index in [4.69, 9.17) is 4.98 Å². The first-order chi connectivity index (χ1) is 17.7. The van der Waals surface area contributed by atoms with E-state index >= 15 is 0 Å². The number of nitrogens with one attached hydrogen (secondary N) is 1. The van der Waals surface area contributed by atoms with Crippen LogP contribution in [0.5, 0.6) is 0 Å². The summed E-state index contributed by atoms with van der Waals surface area (Å²) < 4.78 is 2.39. The molecule has 194 valence electrons. The Hall–Kier alpha value is -2.63. The molecule has 0 atom stereocenters. The van der Waals surface area contributed by atoms with Crippen LogP contribution in [-0.4, -0.2) is 43.1 Å². The third-order valence-electron chi connectivity index (χ3n) is 8.74. The summed E-state index contributed by atoms with van der Waals surface area (Å²) in [6.45, 7) is 5.95. The number of aromatic amines is 1. The molecular formula is C30H43N5O. The van der Waals surface area contributed by atoms with Crippen LogP contribution in [0.25, 0.3) is 22.2 Å². The summed E-state index contributed by atoms with van der Waals surface area (Å²) >= 11 is 0. The molecule has 1 amide bonds. The van der Waals surface area contributed by atoms with Crippen LogP contribution in [-0.2, 0) is 11.3 Å². The van der Waals surface area contributed by atoms with Crippen molar-refractivity contribution in [3.8, 4) is 11.1 Å². The molecule has 2 saturated carbocycles. The van der Waals surface area contributed by atoms with Crippen LogP contribution in [0.2, 0.25) is 0 Å². The van der Waals surface area contributed by atoms with E-state index in [0.29, 0.717) is 30.8 Å². The molecule has 0 radical (unpaired) electrons. The van der Waals surface area contributed by atoms with Gasteiger partial charge in [-0.05, 0) is 69.1 Å². The zero-order valence-corrected chi connectivity index (χ0v) is 22.2. The van der Waals surface area contributed by atoms with Crippen molar-refractivity contribution in [1.29, 1.82) is 0 Å². The number of aromatic nitrogens is 4. The van der Waals surface area contributed by atoms with E-state index in [1.54, 1.807) is 0 Å². The van der Waals surface area contributed by atoms with E-state index < -0.39 is 0 Å². The summed E-state index contributed by atoms with van der Waals surface area (Å²) in [5.41, 5.74) is 4.41. The highest BCUT2D eigenvalue weighted by Crippen LogP contribution is 2.39. The number of carbonyl (C=O) groups is 1. The quantitative estimate of drug-likeness (QED) is 0.349. The average molecular weight is 490 g/mol. The van der Waals surface area contributed by atoms with Crippen molar-refractivity contribution < 1.29 is 4.79 Å². The molecule has 2 aliphatic carbocycles. The van der Waals surface area contributed by atoms with E-state index in [-0.39, 0.29) is 0 Å². The predicted molar refractivity (Wildman–Crippen MR) is 146 cm³/mol. The van der Waals surface area contributed by atoms with Crippen molar-refractivity contribution >= 4 is 16.9 Å². The molecule has 1 aromatic carbocycles. The molecule has 5 rings (SSSR count). The first kappa shape index (κ1) is 25.0. The van der Waals surface area contributed by atoms with Crippen LogP contribution in [0.15, 0.2) is 30.6 Å². The van der Waals surface area contributed by atoms with Crippen LogP contribution in [0, 0.1) is 5.92 Å². The van der Waals surface area contributed by atoms with Crippen LogP contribution < -0.4 is 0 Å².